The maximum atomic E-state index is 14.9. The number of likely N-dealkylation sites (tertiary alicyclic amines) is 1. The molecule has 0 bridgehead atoms. The van der Waals surface area contributed by atoms with Gasteiger partial charge in [0.1, 0.15) is 17.2 Å². The number of amides is 1. The van der Waals surface area contributed by atoms with Gasteiger partial charge in [-0.15, -0.1) is 0 Å². The van der Waals surface area contributed by atoms with Crippen molar-refractivity contribution in [2.75, 3.05) is 31.1 Å². The number of aryl methyl sites for hydroxylation is 1. The molecule has 2 aliphatic rings. The Labute approximate surface area is 254 Å². The third-order valence-electron chi connectivity index (χ3n) is 7.91. The summed E-state index contributed by atoms with van der Waals surface area (Å²) in [5.74, 6) is 0.000390. The molecule has 43 heavy (non-hydrogen) atoms. The van der Waals surface area contributed by atoms with Crippen molar-refractivity contribution in [1.29, 1.82) is 0 Å². The van der Waals surface area contributed by atoms with E-state index >= 15 is 0 Å². The number of hydrogen-bond donors (Lipinski definition) is 0. The van der Waals surface area contributed by atoms with Crippen LogP contribution >= 0.6 is 11.6 Å². The number of carbonyl (C=O) groups is 1. The Morgan fingerprint density at radius 2 is 1.79 bits per heavy atom. The van der Waals surface area contributed by atoms with Gasteiger partial charge in [0.05, 0.1) is 27.5 Å². The molecule has 0 unspecified atom stereocenters. The number of rotatable bonds is 4. The number of halogens is 2. The number of benzene rings is 1. The average molecular weight is 605 g/mol. The molecular formula is C32H34ClFN6O3. The van der Waals surface area contributed by atoms with Crippen molar-refractivity contribution < 1.29 is 13.9 Å². The van der Waals surface area contributed by atoms with E-state index in [1.54, 1.807) is 35.4 Å². The number of pyridine rings is 2. The molecular weight excluding hydrogens is 571 g/mol. The van der Waals surface area contributed by atoms with E-state index in [2.05, 4.69) is 9.97 Å². The van der Waals surface area contributed by atoms with Crippen LogP contribution in [0.1, 0.15) is 51.8 Å². The maximum absolute atomic E-state index is 14.9. The number of ether oxygens (including phenoxy) is 1. The lowest BCUT2D eigenvalue weighted by Crippen LogP contribution is -2.73. The van der Waals surface area contributed by atoms with Crippen molar-refractivity contribution >= 4 is 34.5 Å². The summed E-state index contributed by atoms with van der Waals surface area (Å²) < 4.78 is 21.9. The minimum atomic E-state index is -0.561. The molecule has 6 rings (SSSR count). The second-order valence-corrected chi connectivity index (χ2v) is 13.3. The third kappa shape index (κ3) is 5.11. The summed E-state index contributed by atoms with van der Waals surface area (Å²) in [6, 6.07) is 9.83. The average Bonchev–Trinajstić information content (AvgIpc) is 2.87. The topological polar surface area (TPSA) is 93.5 Å². The van der Waals surface area contributed by atoms with Gasteiger partial charge in [-0.25, -0.2) is 23.5 Å². The van der Waals surface area contributed by atoms with Crippen LogP contribution in [-0.2, 0) is 4.74 Å². The molecule has 2 aliphatic heterocycles. The first-order chi connectivity index (χ1) is 20.3. The fourth-order valence-electron chi connectivity index (χ4n) is 6.01. The fraction of sp³-hybridized carbons (Fsp3) is 0.406. The van der Waals surface area contributed by atoms with E-state index in [0.717, 1.165) is 11.3 Å². The van der Waals surface area contributed by atoms with Gasteiger partial charge in [-0.3, -0.25) is 4.98 Å². The summed E-state index contributed by atoms with van der Waals surface area (Å²) in [5.41, 5.74) is 1.77. The van der Waals surface area contributed by atoms with Crippen LogP contribution in [0.2, 0.25) is 5.02 Å². The molecule has 11 heteroatoms. The Balaban J connectivity index is 1.45. The van der Waals surface area contributed by atoms with Crippen LogP contribution in [0.5, 0.6) is 0 Å². The van der Waals surface area contributed by atoms with Crippen LogP contribution in [0.15, 0.2) is 47.4 Å². The van der Waals surface area contributed by atoms with Gasteiger partial charge >= 0.3 is 11.8 Å². The van der Waals surface area contributed by atoms with Gasteiger partial charge in [0.25, 0.3) is 0 Å². The fourth-order valence-corrected chi connectivity index (χ4v) is 6.26. The largest absolute Gasteiger partial charge is 0.444 e. The van der Waals surface area contributed by atoms with E-state index in [0.29, 0.717) is 48.7 Å². The molecule has 224 valence electrons. The van der Waals surface area contributed by atoms with Crippen molar-refractivity contribution in [1.82, 2.24) is 24.4 Å². The summed E-state index contributed by atoms with van der Waals surface area (Å²) in [6.45, 7) is 13.8. The molecule has 1 amide bonds. The number of fused-ring (bicyclic) bond motifs is 1. The lowest BCUT2D eigenvalue weighted by Gasteiger charge is -2.60. The van der Waals surface area contributed by atoms with Crippen LogP contribution < -0.4 is 10.6 Å². The molecule has 0 atom stereocenters. The zero-order chi connectivity index (χ0) is 30.8. The Morgan fingerprint density at radius 1 is 1.09 bits per heavy atom. The van der Waals surface area contributed by atoms with Crippen LogP contribution in [-0.4, -0.2) is 62.3 Å². The normalized spacial score (nSPS) is 16.0. The molecule has 2 saturated heterocycles. The Kier molecular flexibility index (Phi) is 6.95. The predicted molar refractivity (Wildman–Crippen MR) is 165 cm³/mol. The molecule has 2 fully saturated rings. The first-order valence-corrected chi connectivity index (χ1v) is 14.7. The van der Waals surface area contributed by atoms with E-state index in [1.165, 1.54) is 10.6 Å². The van der Waals surface area contributed by atoms with Crippen LogP contribution in [0.3, 0.4) is 0 Å². The highest BCUT2D eigenvalue weighted by Crippen LogP contribution is 2.44. The summed E-state index contributed by atoms with van der Waals surface area (Å²) in [4.78, 5) is 44.1. The van der Waals surface area contributed by atoms with Gasteiger partial charge in [0.2, 0.25) is 0 Å². The second-order valence-electron chi connectivity index (χ2n) is 12.9. The van der Waals surface area contributed by atoms with Gasteiger partial charge < -0.3 is 14.5 Å². The van der Waals surface area contributed by atoms with Gasteiger partial charge in [0, 0.05) is 43.4 Å². The number of aromatic nitrogens is 4. The van der Waals surface area contributed by atoms with E-state index in [9.17, 15) is 14.0 Å². The monoisotopic (exact) mass is 604 g/mol. The number of nitrogens with zero attached hydrogens (tertiary/aromatic N) is 6. The van der Waals surface area contributed by atoms with Crippen LogP contribution in [0, 0.1) is 18.2 Å². The minimum Gasteiger partial charge on any atom is -0.444 e. The number of carbonyl (C=O) groups excluding carboxylic acids is 1. The SMILES string of the molecule is Cc1ccnc(C(C)C)c1-n1c(=O)nc(N2CC3(CN(C(=O)OC(C)(C)C)C3)C2)c2cc(Cl)c(-c3ccccc3F)nc21. The molecule has 3 aromatic heterocycles. The first-order valence-electron chi connectivity index (χ1n) is 14.3. The lowest BCUT2D eigenvalue weighted by atomic mass is 9.73. The Hall–Kier alpha value is -4.05. The highest BCUT2D eigenvalue weighted by molar-refractivity contribution is 6.33. The van der Waals surface area contributed by atoms with Gasteiger partial charge in [-0.2, -0.15) is 4.98 Å². The molecule has 1 aromatic carbocycles. The second kappa shape index (κ2) is 10.3. The van der Waals surface area contributed by atoms with Crippen molar-refractivity contribution in [3.05, 3.63) is 75.2 Å². The van der Waals surface area contributed by atoms with E-state index in [1.807, 2.05) is 52.5 Å². The maximum Gasteiger partial charge on any atom is 0.410 e. The molecule has 1 spiro atoms. The zero-order valence-electron chi connectivity index (χ0n) is 25.1. The minimum absolute atomic E-state index is 0.0108. The van der Waals surface area contributed by atoms with Crippen molar-refractivity contribution in [2.24, 2.45) is 5.41 Å². The highest BCUT2D eigenvalue weighted by Gasteiger charge is 2.54. The summed E-state index contributed by atoms with van der Waals surface area (Å²) >= 11 is 6.77. The first kappa shape index (κ1) is 29.0. The summed E-state index contributed by atoms with van der Waals surface area (Å²) in [7, 11) is 0. The molecule has 0 aliphatic carbocycles. The Bertz CT molecular complexity index is 1820. The van der Waals surface area contributed by atoms with Crippen molar-refractivity contribution in [3.8, 4) is 16.9 Å². The molecule has 0 N–H and O–H groups in total. The van der Waals surface area contributed by atoms with Crippen LogP contribution in [0.25, 0.3) is 28.0 Å². The van der Waals surface area contributed by atoms with E-state index in [4.69, 9.17) is 21.3 Å². The van der Waals surface area contributed by atoms with Gasteiger partial charge in [0.15, 0.2) is 5.65 Å². The van der Waals surface area contributed by atoms with Crippen LogP contribution in [0.4, 0.5) is 15.0 Å². The van der Waals surface area contributed by atoms with Gasteiger partial charge in [-0.05, 0) is 63.4 Å². The van der Waals surface area contributed by atoms with E-state index in [-0.39, 0.29) is 33.7 Å². The third-order valence-corrected chi connectivity index (χ3v) is 8.20. The highest BCUT2D eigenvalue weighted by atomic mass is 35.5. The quantitative estimate of drug-likeness (QED) is 0.277. The van der Waals surface area contributed by atoms with Gasteiger partial charge in [-0.1, -0.05) is 37.6 Å². The molecule has 5 heterocycles. The van der Waals surface area contributed by atoms with Crippen molar-refractivity contribution in [3.63, 3.8) is 0 Å². The summed E-state index contributed by atoms with van der Waals surface area (Å²) in [5, 5.41) is 0.814. The zero-order valence-corrected chi connectivity index (χ0v) is 25.9. The Morgan fingerprint density at radius 3 is 2.44 bits per heavy atom. The smallest absolute Gasteiger partial charge is 0.410 e. The number of anilines is 1. The summed E-state index contributed by atoms with van der Waals surface area (Å²) in [6.07, 6.45) is 1.39. The number of hydrogen-bond acceptors (Lipinski definition) is 7. The van der Waals surface area contributed by atoms with E-state index < -0.39 is 17.1 Å². The molecule has 0 saturated carbocycles. The lowest BCUT2D eigenvalue weighted by molar-refractivity contribution is -0.0454. The standard InChI is InChI=1S/C32H34ClFN6O3/c1-18(2)24-26(19(3)11-12-35-24)40-28-21(13-22(33)25(36-28)20-9-7-8-10-23(20)34)27(37-29(40)41)38-14-32(15-38)16-39(17-32)30(42)43-31(4,5)6/h7-13,18H,14-17H2,1-6H3. The molecule has 4 aromatic rings. The molecule has 9 nitrogen and oxygen atoms in total. The molecule has 0 radical (unpaired) electrons. The van der Waals surface area contributed by atoms with Crippen molar-refractivity contribution in [2.45, 2.75) is 53.1 Å². The predicted octanol–water partition coefficient (Wildman–Crippen LogP) is 6.12.